The van der Waals surface area contributed by atoms with Crippen LogP contribution in [0.5, 0.6) is 0 Å². The van der Waals surface area contributed by atoms with E-state index < -0.39 is 12.2 Å². The molecule has 4 nitrogen and oxygen atoms in total. The van der Waals surface area contributed by atoms with Gasteiger partial charge < -0.3 is 15.6 Å². The molecule has 5 heteroatoms. The third kappa shape index (κ3) is 4.51. The summed E-state index contributed by atoms with van der Waals surface area (Å²) < 4.78 is 6.02. The van der Waals surface area contributed by atoms with Crippen LogP contribution in [-0.4, -0.2) is 23.9 Å². The molecule has 19 heavy (non-hydrogen) atoms. The lowest BCUT2D eigenvalue weighted by Gasteiger charge is -2.36. The maximum Gasteiger partial charge on any atom is 0.404 e. The van der Waals surface area contributed by atoms with E-state index in [-0.39, 0.29) is 17.9 Å². The fourth-order valence-corrected chi connectivity index (χ4v) is 2.57. The number of carbonyl (C=O) groups excluding carboxylic acids is 1. The predicted molar refractivity (Wildman–Crippen MR) is 77.9 cm³/mol. The number of aliphatic hydroxyl groups is 1. The van der Waals surface area contributed by atoms with Crippen molar-refractivity contribution in [2.45, 2.75) is 32.8 Å². The second kappa shape index (κ2) is 6.39. The fourth-order valence-electron chi connectivity index (χ4n) is 2.30. The Labute approximate surface area is 122 Å². The minimum atomic E-state index is -0.870. The lowest BCUT2D eigenvalue weighted by Crippen LogP contribution is -2.37. The molecule has 0 aromatic heterocycles. The van der Waals surface area contributed by atoms with Crippen molar-refractivity contribution in [2.24, 2.45) is 11.1 Å². The molecule has 0 spiro atoms. The van der Waals surface area contributed by atoms with Crippen LogP contribution in [0.4, 0.5) is 4.79 Å². The van der Waals surface area contributed by atoms with E-state index >= 15 is 0 Å². The highest BCUT2D eigenvalue weighted by molar-refractivity contribution is 9.10. The Hall–Kier alpha value is -1.07. The quantitative estimate of drug-likeness (QED) is 0.891. The predicted octanol–water partition coefficient (Wildman–Crippen LogP) is 3.04. The number of hydrogen-bond acceptors (Lipinski definition) is 3. The highest BCUT2D eigenvalue weighted by Crippen LogP contribution is 2.39. The van der Waals surface area contributed by atoms with Crippen molar-refractivity contribution < 1.29 is 14.6 Å². The van der Waals surface area contributed by atoms with E-state index in [2.05, 4.69) is 15.9 Å². The zero-order valence-corrected chi connectivity index (χ0v) is 13.0. The van der Waals surface area contributed by atoms with Crippen LogP contribution in [0.2, 0.25) is 0 Å². The molecule has 0 heterocycles. The molecule has 0 saturated carbocycles. The number of carbonyl (C=O) groups is 1. The topological polar surface area (TPSA) is 72.6 Å². The molecule has 0 radical (unpaired) electrons. The van der Waals surface area contributed by atoms with Crippen molar-refractivity contribution in [2.75, 3.05) is 6.61 Å². The molecule has 1 aromatic rings. The second-order valence-electron chi connectivity index (χ2n) is 5.55. The maximum absolute atomic E-state index is 11.0. The summed E-state index contributed by atoms with van der Waals surface area (Å²) in [5, 5.41) is 9.48. The zero-order chi connectivity index (χ0) is 14.6. The lowest BCUT2D eigenvalue weighted by molar-refractivity contribution is 0.0205. The van der Waals surface area contributed by atoms with Gasteiger partial charge in [-0.1, -0.05) is 48.8 Å². The van der Waals surface area contributed by atoms with Gasteiger partial charge in [0.25, 0.3) is 0 Å². The molecule has 106 valence electrons. The summed E-state index contributed by atoms with van der Waals surface area (Å²) in [6, 6.07) is 7.75. The van der Waals surface area contributed by atoms with Gasteiger partial charge in [-0.2, -0.15) is 0 Å². The molecule has 0 saturated heterocycles. The van der Waals surface area contributed by atoms with Crippen LogP contribution < -0.4 is 5.73 Å². The largest absolute Gasteiger partial charge is 0.443 e. The van der Waals surface area contributed by atoms with Crippen molar-refractivity contribution in [1.29, 1.82) is 0 Å². The molecule has 1 amide bonds. The van der Waals surface area contributed by atoms with Gasteiger partial charge in [0.05, 0.1) is 6.61 Å². The summed E-state index contributed by atoms with van der Waals surface area (Å²) in [5.41, 5.74) is 5.88. The standard InChI is InChI=1S/C14H20BrNO3/c1-14(2,3)12(11(8-17)19-13(16)18)9-4-6-10(15)7-5-9/h4-7,11-12,17H,8H2,1-3H3,(H2,16,18)/t11-,12?/m1/s1. The van der Waals surface area contributed by atoms with Gasteiger partial charge in [-0.15, -0.1) is 0 Å². The first-order chi connectivity index (χ1) is 8.75. The van der Waals surface area contributed by atoms with Crippen molar-refractivity contribution in [1.82, 2.24) is 0 Å². The van der Waals surface area contributed by atoms with E-state index in [1.165, 1.54) is 0 Å². The van der Waals surface area contributed by atoms with E-state index in [4.69, 9.17) is 10.5 Å². The fraction of sp³-hybridized carbons (Fsp3) is 0.500. The average molecular weight is 330 g/mol. The zero-order valence-electron chi connectivity index (χ0n) is 11.4. The van der Waals surface area contributed by atoms with Crippen LogP contribution in [0, 0.1) is 5.41 Å². The molecule has 0 fully saturated rings. The van der Waals surface area contributed by atoms with Crippen LogP contribution in [-0.2, 0) is 4.74 Å². The Morgan fingerprint density at radius 2 is 1.89 bits per heavy atom. The number of rotatable bonds is 4. The number of primary amides is 1. The number of aliphatic hydroxyl groups excluding tert-OH is 1. The van der Waals surface area contributed by atoms with Crippen LogP contribution in [0.15, 0.2) is 28.7 Å². The first-order valence-electron chi connectivity index (χ1n) is 6.08. The minimum absolute atomic E-state index is 0.141. The van der Waals surface area contributed by atoms with Gasteiger partial charge in [0.2, 0.25) is 0 Å². The number of nitrogens with two attached hydrogens (primary N) is 1. The second-order valence-corrected chi connectivity index (χ2v) is 6.47. The van der Waals surface area contributed by atoms with Crippen molar-refractivity contribution in [3.05, 3.63) is 34.3 Å². The van der Waals surface area contributed by atoms with Gasteiger partial charge in [0, 0.05) is 10.4 Å². The molecular formula is C14H20BrNO3. The monoisotopic (exact) mass is 329 g/mol. The van der Waals surface area contributed by atoms with Gasteiger partial charge >= 0.3 is 6.09 Å². The third-order valence-electron chi connectivity index (χ3n) is 2.98. The van der Waals surface area contributed by atoms with E-state index in [1.807, 2.05) is 45.0 Å². The molecule has 0 aliphatic rings. The Kier molecular flexibility index (Phi) is 5.38. The first-order valence-corrected chi connectivity index (χ1v) is 6.87. The van der Waals surface area contributed by atoms with E-state index in [1.54, 1.807) is 0 Å². The first kappa shape index (κ1) is 16.0. The SMILES string of the molecule is CC(C)(C)C(c1ccc(Br)cc1)[C@@H](CO)OC(N)=O. The molecule has 3 N–H and O–H groups in total. The van der Waals surface area contributed by atoms with Crippen LogP contribution >= 0.6 is 15.9 Å². The highest BCUT2D eigenvalue weighted by atomic mass is 79.9. The maximum atomic E-state index is 11.0. The van der Waals surface area contributed by atoms with E-state index in [9.17, 15) is 9.90 Å². The van der Waals surface area contributed by atoms with Crippen LogP contribution in [0.25, 0.3) is 0 Å². The molecule has 0 aliphatic heterocycles. The molecule has 0 aliphatic carbocycles. The number of halogens is 1. The minimum Gasteiger partial charge on any atom is -0.443 e. The average Bonchev–Trinajstić information content (AvgIpc) is 2.28. The Bertz CT molecular complexity index is 425. The Morgan fingerprint density at radius 3 is 2.26 bits per heavy atom. The van der Waals surface area contributed by atoms with Gasteiger partial charge in [-0.3, -0.25) is 0 Å². The third-order valence-corrected chi connectivity index (χ3v) is 3.51. The van der Waals surface area contributed by atoms with Gasteiger partial charge in [-0.25, -0.2) is 4.79 Å². The normalized spacial score (nSPS) is 14.8. The summed E-state index contributed by atoms with van der Waals surface area (Å²) in [6.07, 6.45) is -1.52. The van der Waals surface area contributed by atoms with E-state index in [0.29, 0.717) is 0 Å². The smallest absolute Gasteiger partial charge is 0.404 e. The number of benzene rings is 1. The molecule has 2 atom stereocenters. The van der Waals surface area contributed by atoms with Crippen LogP contribution in [0.1, 0.15) is 32.3 Å². The molecule has 1 unspecified atom stereocenters. The summed E-state index contributed by atoms with van der Waals surface area (Å²) in [4.78, 5) is 11.0. The summed E-state index contributed by atoms with van der Waals surface area (Å²) in [7, 11) is 0. The van der Waals surface area contributed by atoms with Crippen molar-refractivity contribution >= 4 is 22.0 Å². The van der Waals surface area contributed by atoms with E-state index in [0.717, 1.165) is 10.0 Å². The van der Waals surface area contributed by atoms with Crippen molar-refractivity contribution in [3.8, 4) is 0 Å². The van der Waals surface area contributed by atoms with Gasteiger partial charge in [0.15, 0.2) is 0 Å². The highest BCUT2D eigenvalue weighted by Gasteiger charge is 2.35. The Morgan fingerprint density at radius 1 is 1.37 bits per heavy atom. The number of hydrogen-bond donors (Lipinski definition) is 2. The molecular weight excluding hydrogens is 310 g/mol. The Balaban J connectivity index is 3.13. The van der Waals surface area contributed by atoms with Gasteiger partial charge in [-0.05, 0) is 23.1 Å². The summed E-state index contributed by atoms with van der Waals surface area (Å²) in [5.74, 6) is -0.141. The summed E-state index contributed by atoms with van der Waals surface area (Å²) in [6.45, 7) is 5.84. The van der Waals surface area contributed by atoms with Gasteiger partial charge in [0.1, 0.15) is 6.10 Å². The lowest BCUT2D eigenvalue weighted by atomic mass is 9.73. The summed E-state index contributed by atoms with van der Waals surface area (Å²) >= 11 is 3.38. The molecule has 1 rings (SSSR count). The number of ether oxygens (including phenoxy) is 1. The van der Waals surface area contributed by atoms with Crippen molar-refractivity contribution in [3.63, 3.8) is 0 Å². The van der Waals surface area contributed by atoms with Crippen LogP contribution in [0.3, 0.4) is 0 Å². The molecule has 1 aromatic carbocycles. The number of amides is 1. The molecule has 0 bridgehead atoms.